The predicted molar refractivity (Wildman–Crippen MR) is 214 cm³/mol. The van der Waals surface area contributed by atoms with Crippen molar-refractivity contribution in [2.75, 3.05) is 26.4 Å². The smallest absolute Gasteiger partial charge is 0.339 e. The fraction of sp³-hybridized carbons (Fsp3) is 0.812. The maximum atomic E-state index is 15.5. The summed E-state index contributed by atoms with van der Waals surface area (Å²) in [5, 5.41) is 27.7. The number of furan rings is 1. The number of hydrogen-bond donors (Lipinski definition) is 3. The highest BCUT2D eigenvalue weighted by Gasteiger charge is 2.93. The summed E-state index contributed by atoms with van der Waals surface area (Å²) >= 11 is 0. The standard InChI is InChI=1S/C48H64N2O10/c1-43(2)36-35(52)37(53)47(29-8-4-5-9-29)34(46(36)24-57-42(55)45(41(46)60-43)15-6-7-16-45)12-17-44(3)38(58-40(54)39-48(44,47)59-39)31-14-19-56-33(31)21-28(23-51)26-10-11-30-27(20-26)13-18-50-25-49-22-32(30)50/h13-14,18-19,26-30,32,34,36-39,41,49,51,53H,4-12,15-17,20-25H2,1-3H3/t26-,27+,28+,30-,32+,34+,36+,37+,38-,39+,41-,44-,46+,47-,48+/m0/s1. The average molecular weight is 829 g/mol. The van der Waals surface area contributed by atoms with Crippen LogP contribution in [0, 0.1) is 63.1 Å². The Morgan fingerprint density at radius 2 is 1.77 bits per heavy atom. The molecular formula is C48H64N2O10. The van der Waals surface area contributed by atoms with Crippen molar-refractivity contribution in [3.63, 3.8) is 0 Å². The van der Waals surface area contributed by atoms with Gasteiger partial charge in [-0.2, -0.15) is 0 Å². The number of nitrogens with one attached hydrogen (secondary N) is 1. The highest BCUT2D eigenvalue weighted by atomic mass is 16.7. The normalized spacial score (nSPS) is 48.6. The number of aliphatic hydroxyl groups excluding tert-OH is 2. The van der Waals surface area contributed by atoms with Crippen molar-refractivity contribution >= 4 is 17.7 Å². The maximum Gasteiger partial charge on any atom is 0.339 e. The number of nitrogens with zero attached hydrogens (tertiary/aromatic N) is 1. The van der Waals surface area contributed by atoms with Gasteiger partial charge in [0.2, 0.25) is 0 Å². The van der Waals surface area contributed by atoms with Crippen LogP contribution in [0.3, 0.4) is 0 Å². The van der Waals surface area contributed by atoms with Crippen molar-refractivity contribution in [3.05, 3.63) is 35.9 Å². The van der Waals surface area contributed by atoms with E-state index in [2.05, 4.69) is 29.4 Å². The number of ketones is 1. The van der Waals surface area contributed by atoms with Crippen molar-refractivity contribution in [2.24, 2.45) is 63.1 Å². The Bertz CT molecular complexity index is 2000. The van der Waals surface area contributed by atoms with Crippen LogP contribution < -0.4 is 5.32 Å². The van der Waals surface area contributed by atoms with Gasteiger partial charge in [-0.05, 0) is 119 Å². The molecule has 0 amide bonds. The molecule has 6 aliphatic heterocycles. The van der Waals surface area contributed by atoms with Crippen molar-refractivity contribution in [1.82, 2.24) is 10.2 Å². The van der Waals surface area contributed by atoms with Gasteiger partial charge in [0.1, 0.15) is 30.2 Å². The quantitative estimate of drug-likeness (QED) is 0.248. The molecule has 11 aliphatic rings. The molecule has 1 aromatic rings. The molecule has 7 heterocycles. The van der Waals surface area contributed by atoms with E-state index in [1.54, 1.807) is 6.26 Å². The molecule has 5 saturated heterocycles. The van der Waals surface area contributed by atoms with E-state index in [0.29, 0.717) is 55.9 Å². The molecule has 3 N–H and O–H groups in total. The van der Waals surface area contributed by atoms with Crippen molar-refractivity contribution in [3.8, 4) is 0 Å². The van der Waals surface area contributed by atoms with Gasteiger partial charge in [-0.15, -0.1) is 0 Å². The number of carbonyl (C=O) groups is 3. The maximum absolute atomic E-state index is 15.5. The third-order valence-corrected chi connectivity index (χ3v) is 19.8. The molecule has 12 heteroatoms. The van der Waals surface area contributed by atoms with Crippen LogP contribution in [0.4, 0.5) is 0 Å². The zero-order valence-corrected chi connectivity index (χ0v) is 35.6. The van der Waals surface area contributed by atoms with E-state index >= 15 is 4.79 Å². The summed E-state index contributed by atoms with van der Waals surface area (Å²) in [5.41, 5.74) is -5.02. The second-order valence-corrected chi connectivity index (χ2v) is 22.2. The van der Waals surface area contributed by atoms with E-state index in [9.17, 15) is 19.8 Å². The van der Waals surface area contributed by atoms with Gasteiger partial charge in [-0.1, -0.05) is 38.7 Å². The van der Waals surface area contributed by atoms with Crippen LogP contribution >= 0.6 is 0 Å². The Balaban J connectivity index is 0.937. The Labute approximate surface area is 352 Å². The van der Waals surface area contributed by atoms with Crippen LogP contribution in [-0.2, 0) is 39.8 Å². The zero-order valence-electron chi connectivity index (χ0n) is 35.6. The summed E-state index contributed by atoms with van der Waals surface area (Å²) in [7, 11) is 0. The van der Waals surface area contributed by atoms with Gasteiger partial charge in [0.15, 0.2) is 11.9 Å². The fourth-order valence-electron chi connectivity index (χ4n) is 17.7. The number of esters is 2. The summed E-state index contributed by atoms with van der Waals surface area (Å²) in [4.78, 5) is 46.6. The molecule has 0 bridgehead atoms. The van der Waals surface area contributed by atoms with E-state index in [-0.39, 0.29) is 42.7 Å². The summed E-state index contributed by atoms with van der Waals surface area (Å²) in [6.45, 7) is 8.14. The lowest BCUT2D eigenvalue weighted by molar-refractivity contribution is -0.282. The number of ether oxygens (including phenoxy) is 4. The first-order valence-corrected chi connectivity index (χ1v) is 23.7. The van der Waals surface area contributed by atoms with E-state index in [4.69, 9.17) is 23.4 Å². The lowest BCUT2D eigenvalue weighted by Gasteiger charge is -2.70. The summed E-state index contributed by atoms with van der Waals surface area (Å²) in [6.07, 6.45) is 14.4. The molecule has 15 atom stereocenters. The van der Waals surface area contributed by atoms with Crippen molar-refractivity contribution < 1.29 is 48.0 Å². The largest absolute Gasteiger partial charge is 0.469 e. The van der Waals surface area contributed by atoms with Crippen molar-refractivity contribution in [2.45, 2.75) is 152 Å². The molecular weight excluding hydrogens is 765 g/mol. The molecule has 5 aliphatic carbocycles. The van der Waals surface area contributed by atoms with Crippen LogP contribution in [0.25, 0.3) is 0 Å². The first-order chi connectivity index (χ1) is 28.9. The lowest BCUT2D eigenvalue weighted by Crippen LogP contribution is -2.79. The van der Waals surface area contributed by atoms with E-state index in [1.165, 1.54) is 0 Å². The topological polar surface area (TPSA) is 160 Å². The number of fused-ring (bicyclic) bond motifs is 5. The molecule has 12 nitrogen and oxygen atoms in total. The summed E-state index contributed by atoms with van der Waals surface area (Å²) in [6, 6.07) is 2.47. The van der Waals surface area contributed by atoms with Gasteiger partial charge in [-0.3, -0.25) is 14.9 Å². The SMILES string of the molecule is CC1(C)O[C@H]2C3(CCCC3)C(=O)OC[C@@]23[C@@H]1C(=O)[C@@H](O)[C@]1(C2CCCC2)[C@@H]3CC[C@@]2(C)[C@H](c3ccoc3C[C@H](CO)[C@H]3CC[C@H]4[C@H](C=CN5CNC[C@H]45)C3)OC(=O)[C@H]3O[C@@]312. The molecule has 12 rings (SSSR count). The molecule has 0 aromatic carbocycles. The number of carbonyl (C=O) groups excluding carboxylic acids is 3. The van der Waals surface area contributed by atoms with Crippen LogP contribution in [0.1, 0.15) is 122 Å². The van der Waals surface area contributed by atoms with Gasteiger partial charge >= 0.3 is 11.9 Å². The number of allylic oxidation sites excluding steroid dienone is 1. The molecule has 0 unspecified atom stereocenters. The van der Waals surface area contributed by atoms with Gasteiger partial charge in [-0.25, -0.2) is 4.79 Å². The fourth-order valence-corrected chi connectivity index (χ4v) is 17.7. The summed E-state index contributed by atoms with van der Waals surface area (Å²) in [5.74, 6) is 0.120. The minimum atomic E-state index is -1.39. The van der Waals surface area contributed by atoms with E-state index < -0.39 is 69.2 Å². The second kappa shape index (κ2) is 12.9. The van der Waals surface area contributed by atoms with Crippen LogP contribution in [0.15, 0.2) is 29.0 Å². The molecule has 5 saturated carbocycles. The minimum absolute atomic E-state index is 0.0241. The number of rotatable bonds is 6. The highest BCUT2D eigenvalue weighted by Crippen LogP contribution is 2.83. The Kier molecular flexibility index (Phi) is 8.37. The number of aliphatic hydroxyl groups is 2. The van der Waals surface area contributed by atoms with Gasteiger partial charge in [0.05, 0.1) is 36.0 Å². The Hall–Kier alpha value is -2.77. The third-order valence-electron chi connectivity index (χ3n) is 19.8. The molecule has 3 spiro atoms. The predicted octanol–water partition coefficient (Wildman–Crippen LogP) is 5.39. The second-order valence-electron chi connectivity index (χ2n) is 22.2. The Morgan fingerprint density at radius 1 is 0.967 bits per heavy atom. The number of cyclic esters (lactones) is 2. The monoisotopic (exact) mass is 828 g/mol. The van der Waals surface area contributed by atoms with E-state index in [1.807, 2.05) is 19.9 Å². The molecule has 1 aromatic heterocycles. The van der Waals surface area contributed by atoms with Crippen molar-refractivity contribution in [1.29, 1.82) is 0 Å². The molecule has 326 valence electrons. The van der Waals surface area contributed by atoms with Gasteiger partial charge in [0.25, 0.3) is 0 Å². The zero-order chi connectivity index (χ0) is 41.2. The van der Waals surface area contributed by atoms with Crippen LogP contribution in [0.5, 0.6) is 0 Å². The van der Waals surface area contributed by atoms with Crippen LogP contribution in [-0.4, -0.2) is 94.8 Å². The first kappa shape index (κ1) is 38.9. The average Bonchev–Trinajstić information content (AvgIpc) is 3.91. The first-order valence-electron chi connectivity index (χ1n) is 23.7. The van der Waals surface area contributed by atoms with Crippen LogP contribution in [0.2, 0.25) is 0 Å². The molecule has 60 heavy (non-hydrogen) atoms. The number of hydrogen-bond acceptors (Lipinski definition) is 12. The Morgan fingerprint density at radius 3 is 2.55 bits per heavy atom. The lowest BCUT2D eigenvalue weighted by atomic mass is 9.32. The third kappa shape index (κ3) is 4.54. The highest BCUT2D eigenvalue weighted by molar-refractivity contribution is 5.93. The molecule has 0 radical (unpaired) electrons. The minimum Gasteiger partial charge on any atom is -0.469 e. The summed E-state index contributed by atoms with van der Waals surface area (Å²) < 4.78 is 33.4. The molecule has 10 fully saturated rings. The number of Topliss-reactive ketones (excluding diaryl/α,β-unsaturated/α-hetero) is 1. The van der Waals surface area contributed by atoms with Gasteiger partial charge < -0.3 is 38.5 Å². The van der Waals surface area contributed by atoms with E-state index in [0.717, 1.165) is 82.3 Å². The van der Waals surface area contributed by atoms with Gasteiger partial charge in [0, 0.05) is 47.4 Å². The number of epoxide rings is 1.